The Bertz CT molecular complexity index is 693. The van der Waals surface area contributed by atoms with Crippen molar-refractivity contribution in [1.82, 2.24) is 14.8 Å². The summed E-state index contributed by atoms with van der Waals surface area (Å²) in [7, 11) is 0. The Labute approximate surface area is 111 Å². The van der Waals surface area contributed by atoms with Crippen LogP contribution in [0, 0.1) is 0 Å². The summed E-state index contributed by atoms with van der Waals surface area (Å²) >= 11 is 9.34. The molecule has 0 aliphatic carbocycles. The number of halogens is 2. The molecule has 2 aromatic heterocycles. The smallest absolute Gasteiger partial charge is 0.0755 e. The van der Waals surface area contributed by atoms with Crippen LogP contribution in [0.3, 0.4) is 0 Å². The van der Waals surface area contributed by atoms with Crippen molar-refractivity contribution in [3.63, 3.8) is 0 Å². The van der Waals surface area contributed by atoms with E-state index in [0.717, 1.165) is 21.1 Å². The number of benzene rings is 1. The summed E-state index contributed by atoms with van der Waals surface area (Å²) in [5, 5.41) is 5.97. The second kappa shape index (κ2) is 4.13. The highest BCUT2D eigenvalue weighted by Gasteiger charge is 2.05. The van der Waals surface area contributed by atoms with E-state index in [9.17, 15) is 0 Å². The van der Waals surface area contributed by atoms with Crippen LogP contribution >= 0.6 is 27.5 Å². The van der Waals surface area contributed by atoms with E-state index >= 15 is 0 Å². The van der Waals surface area contributed by atoms with Gasteiger partial charge in [-0.3, -0.25) is 4.98 Å². The molecule has 0 atom stereocenters. The molecule has 0 saturated carbocycles. The molecular formula is C12H7BrClN3. The minimum absolute atomic E-state index is 0.684. The fraction of sp³-hybridized carbons (Fsp3) is 0. The lowest BCUT2D eigenvalue weighted by Gasteiger charge is -2.05. The van der Waals surface area contributed by atoms with E-state index in [4.69, 9.17) is 11.6 Å². The maximum Gasteiger partial charge on any atom is 0.0755 e. The average Bonchev–Trinajstić information content (AvgIpc) is 2.74. The molecule has 0 amide bonds. The highest BCUT2D eigenvalue weighted by atomic mass is 79.9. The molecule has 5 heteroatoms. The number of rotatable bonds is 1. The van der Waals surface area contributed by atoms with Crippen molar-refractivity contribution in [2.45, 2.75) is 0 Å². The van der Waals surface area contributed by atoms with Gasteiger partial charge in [-0.2, -0.15) is 5.10 Å². The van der Waals surface area contributed by atoms with E-state index in [1.165, 1.54) is 0 Å². The molecule has 17 heavy (non-hydrogen) atoms. The Hall–Kier alpha value is -1.39. The van der Waals surface area contributed by atoms with Crippen LogP contribution in [0.4, 0.5) is 0 Å². The first-order chi connectivity index (χ1) is 8.24. The number of hydrogen-bond donors (Lipinski definition) is 0. The highest BCUT2D eigenvalue weighted by molar-refractivity contribution is 9.10. The van der Waals surface area contributed by atoms with Crippen molar-refractivity contribution in [2.24, 2.45) is 0 Å². The molecule has 3 rings (SSSR count). The first kappa shape index (κ1) is 10.7. The zero-order valence-corrected chi connectivity index (χ0v) is 11.0. The molecule has 0 saturated heterocycles. The van der Waals surface area contributed by atoms with Crippen LogP contribution in [0.5, 0.6) is 0 Å². The topological polar surface area (TPSA) is 30.7 Å². The second-order valence-corrected chi connectivity index (χ2v) is 4.95. The van der Waals surface area contributed by atoms with Crippen LogP contribution in [-0.2, 0) is 0 Å². The van der Waals surface area contributed by atoms with E-state index in [1.54, 1.807) is 12.4 Å². The molecule has 0 bridgehead atoms. The summed E-state index contributed by atoms with van der Waals surface area (Å²) in [6.07, 6.45) is 5.41. The molecule has 1 aromatic carbocycles. The lowest BCUT2D eigenvalue weighted by molar-refractivity contribution is 0.886. The van der Waals surface area contributed by atoms with Crippen LogP contribution in [0.1, 0.15) is 0 Å². The van der Waals surface area contributed by atoms with Gasteiger partial charge in [-0.25, -0.2) is 4.68 Å². The molecule has 0 spiro atoms. The molecule has 0 aliphatic rings. The first-order valence-electron chi connectivity index (χ1n) is 4.99. The lowest BCUT2D eigenvalue weighted by Crippen LogP contribution is -1.96. The fourth-order valence-corrected chi connectivity index (χ4v) is 2.19. The maximum atomic E-state index is 5.95. The third kappa shape index (κ3) is 1.94. The van der Waals surface area contributed by atoms with Crippen molar-refractivity contribution in [1.29, 1.82) is 0 Å². The summed E-state index contributed by atoms with van der Waals surface area (Å²) in [4.78, 5) is 4.30. The molecule has 0 aliphatic heterocycles. The van der Waals surface area contributed by atoms with Gasteiger partial charge in [0.05, 0.1) is 21.9 Å². The predicted octanol–water partition coefficient (Wildman–Crippen LogP) is 3.84. The van der Waals surface area contributed by atoms with Crippen LogP contribution in [0.15, 0.2) is 47.3 Å². The summed E-state index contributed by atoms with van der Waals surface area (Å²) < 4.78 is 2.75. The summed E-state index contributed by atoms with van der Waals surface area (Å²) in [5.74, 6) is 0. The Morgan fingerprint density at radius 3 is 2.88 bits per heavy atom. The summed E-state index contributed by atoms with van der Waals surface area (Å²) in [5.41, 5.74) is 1.85. The van der Waals surface area contributed by atoms with Crippen LogP contribution in [-0.4, -0.2) is 14.8 Å². The highest BCUT2D eigenvalue weighted by Crippen LogP contribution is 2.23. The van der Waals surface area contributed by atoms with Gasteiger partial charge in [0, 0.05) is 22.8 Å². The van der Waals surface area contributed by atoms with Gasteiger partial charge in [-0.15, -0.1) is 0 Å². The number of aromatic nitrogens is 3. The van der Waals surface area contributed by atoms with Gasteiger partial charge in [0.25, 0.3) is 0 Å². The summed E-state index contributed by atoms with van der Waals surface area (Å²) in [6, 6.07) is 7.58. The van der Waals surface area contributed by atoms with Gasteiger partial charge in [-0.1, -0.05) is 11.6 Å². The number of nitrogens with zero attached hydrogens (tertiary/aromatic N) is 3. The summed E-state index contributed by atoms with van der Waals surface area (Å²) in [6.45, 7) is 0. The molecule has 0 unspecified atom stereocenters. The molecule has 3 aromatic rings. The van der Waals surface area contributed by atoms with Crippen molar-refractivity contribution in [3.8, 4) is 5.69 Å². The van der Waals surface area contributed by atoms with Gasteiger partial charge in [0.1, 0.15) is 0 Å². The Morgan fingerprint density at radius 1 is 1.24 bits per heavy atom. The van der Waals surface area contributed by atoms with Crippen molar-refractivity contribution >= 4 is 38.4 Å². The zero-order valence-electron chi connectivity index (χ0n) is 8.64. The third-order valence-electron chi connectivity index (χ3n) is 2.48. The van der Waals surface area contributed by atoms with E-state index in [2.05, 4.69) is 26.0 Å². The minimum Gasteiger partial charge on any atom is -0.256 e. The molecule has 0 N–H and O–H groups in total. The van der Waals surface area contributed by atoms with Gasteiger partial charge in [-0.05, 0) is 40.2 Å². The third-order valence-corrected chi connectivity index (χ3v) is 3.12. The Morgan fingerprint density at radius 2 is 2.12 bits per heavy atom. The average molecular weight is 309 g/mol. The minimum atomic E-state index is 0.684. The molecule has 2 heterocycles. The SMILES string of the molecule is Clc1ccc2c(-n3cc(Br)cn3)ccnc2c1. The van der Waals surface area contributed by atoms with Gasteiger partial charge >= 0.3 is 0 Å². The van der Waals surface area contributed by atoms with E-state index in [-0.39, 0.29) is 0 Å². The van der Waals surface area contributed by atoms with E-state index in [0.29, 0.717) is 5.02 Å². The van der Waals surface area contributed by atoms with Gasteiger partial charge < -0.3 is 0 Å². The monoisotopic (exact) mass is 307 g/mol. The van der Waals surface area contributed by atoms with Crippen molar-refractivity contribution in [3.05, 3.63) is 52.4 Å². The molecule has 0 radical (unpaired) electrons. The molecular weight excluding hydrogens is 302 g/mol. The number of pyridine rings is 1. The largest absolute Gasteiger partial charge is 0.256 e. The Balaban J connectivity index is 2.30. The quantitative estimate of drug-likeness (QED) is 0.684. The lowest BCUT2D eigenvalue weighted by atomic mass is 10.2. The maximum absolute atomic E-state index is 5.95. The predicted molar refractivity (Wildman–Crippen MR) is 71.6 cm³/mol. The fourth-order valence-electron chi connectivity index (χ4n) is 1.74. The first-order valence-corrected chi connectivity index (χ1v) is 6.16. The zero-order chi connectivity index (χ0) is 11.8. The van der Waals surface area contributed by atoms with Crippen molar-refractivity contribution in [2.75, 3.05) is 0 Å². The van der Waals surface area contributed by atoms with Gasteiger partial charge in [0.2, 0.25) is 0 Å². The Kier molecular flexibility index (Phi) is 2.61. The number of fused-ring (bicyclic) bond motifs is 1. The second-order valence-electron chi connectivity index (χ2n) is 3.59. The van der Waals surface area contributed by atoms with E-state index in [1.807, 2.05) is 35.1 Å². The van der Waals surface area contributed by atoms with E-state index < -0.39 is 0 Å². The van der Waals surface area contributed by atoms with Crippen molar-refractivity contribution < 1.29 is 0 Å². The van der Waals surface area contributed by atoms with Crippen LogP contribution in [0.2, 0.25) is 5.02 Å². The normalized spacial score (nSPS) is 10.9. The molecule has 0 fully saturated rings. The number of hydrogen-bond acceptors (Lipinski definition) is 2. The molecule has 3 nitrogen and oxygen atoms in total. The standard InChI is InChI=1S/C12H7BrClN3/c13-8-6-16-17(7-8)12-3-4-15-11-5-9(14)1-2-10(11)12/h1-7H. The van der Waals surface area contributed by atoms with Gasteiger partial charge in [0.15, 0.2) is 0 Å². The molecule has 84 valence electrons. The van der Waals surface area contributed by atoms with Crippen LogP contribution in [0.25, 0.3) is 16.6 Å². The van der Waals surface area contributed by atoms with Crippen LogP contribution < -0.4 is 0 Å².